The number of alkyl carbamates (subject to hydrolysis) is 2. The van der Waals surface area contributed by atoms with Crippen LogP contribution in [0.5, 0.6) is 0 Å². The molecule has 0 aromatic heterocycles. The van der Waals surface area contributed by atoms with E-state index in [2.05, 4.69) is 143 Å². The van der Waals surface area contributed by atoms with E-state index in [1.165, 1.54) is 0 Å². The van der Waals surface area contributed by atoms with Gasteiger partial charge in [-0.3, -0.25) is 19.4 Å². The third-order valence-electron chi connectivity index (χ3n) is 13.9. The molecular formula is C62H134N8O12Si3. The minimum Gasteiger partial charge on any atom is -0.463 e. The monoisotopic (exact) mass is 1270 g/mol. The summed E-state index contributed by atoms with van der Waals surface area (Å²) in [6, 6.07) is 2.12. The van der Waals surface area contributed by atoms with Gasteiger partial charge in [-0.05, 0) is 238 Å². The van der Waals surface area contributed by atoms with Gasteiger partial charge in [0.05, 0.1) is 13.2 Å². The average molecular weight is 1270 g/mol. The third kappa shape index (κ3) is 60.4. The predicted octanol–water partition coefficient (Wildman–Crippen LogP) is 10.4. The molecule has 0 heterocycles. The van der Waals surface area contributed by atoms with Crippen LogP contribution in [0.3, 0.4) is 0 Å². The lowest BCUT2D eigenvalue weighted by molar-refractivity contribution is -0.146. The summed E-state index contributed by atoms with van der Waals surface area (Å²) >= 11 is 0. The second-order valence-electron chi connectivity index (χ2n) is 25.8. The first-order valence-electron chi connectivity index (χ1n) is 32.9. The van der Waals surface area contributed by atoms with Crippen LogP contribution in [0.1, 0.15) is 143 Å². The van der Waals surface area contributed by atoms with Crippen molar-refractivity contribution in [1.29, 1.82) is 0 Å². The van der Waals surface area contributed by atoms with Crippen LogP contribution in [-0.2, 0) is 46.2 Å². The number of amides is 2. The fraction of sp³-hybridized carbons (Fsp3) is 0.935. The summed E-state index contributed by atoms with van der Waals surface area (Å²) in [5.74, 6) is -0.314. The molecule has 0 aromatic carbocycles. The van der Waals surface area contributed by atoms with Gasteiger partial charge in [-0.1, -0.05) is 52.4 Å². The maximum Gasteiger partial charge on any atom is 0.407 e. The number of esters is 2. The van der Waals surface area contributed by atoms with E-state index in [0.717, 1.165) is 180 Å². The summed E-state index contributed by atoms with van der Waals surface area (Å²) in [5.41, 5.74) is 0. The van der Waals surface area contributed by atoms with Crippen molar-refractivity contribution in [3.8, 4) is 0 Å². The Hall–Kier alpha value is -2.27. The molecule has 0 aliphatic rings. The fourth-order valence-corrected chi connectivity index (χ4v) is 22.7. The zero-order valence-electron chi connectivity index (χ0n) is 58.1. The van der Waals surface area contributed by atoms with E-state index in [1.807, 2.05) is 20.8 Å². The number of ether oxygens (including phenoxy) is 6. The molecule has 2 atom stereocenters. The minimum absolute atomic E-state index is 0.150. The van der Waals surface area contributed by atoms with E-state index in [9.17, 15) is 19.2 Å². The first-order valence-corrected chi connectivity index (χ1v) is 41.9. The molecule has 85 heavy (non-hydrogen) atoms. The highest BCUT2D eigenvalue weighted by Gasteiger charge is 2.38. The lowest BCUT2D eigenvalue weighted by Gasteiger charge is -2.38. The average Bonchev–Trinajstić information content (AvgIpc) is 3.53. The summed E-state index contributed by atoms with van der Waals surface area (Å²) in [6.45, 7) is 35.4. The molecular weight excluding hydrogens is 1130 g/mol. The summed E-state index contributed by atoms with van der Waals surface area (Å²) in [5, 5.41) is 5.76. The molecule has 0 spiro atoms. The summed E-state index contributed by atoms with van der Waals surface area (Å²) in [4.78, 5) is 61.8. The number of hydrogen-bond acceptors (Lipinski definition) is 18. The zero-order chi connectivity index (χ0) is 64.4. The van der Waals surface area contributed by atoms with Crippen LogP contribution in [-0.4, -0.2) is 265 Å². The smallest absolute Gasteiger partial charge is 0.407 e. The number of unbranched alkanes of at least 4 members (excludes halogenated alkanes) is 8. The van der Waals surface area contributed by atoms with Crippen LogP contribution in [0.25, 0.3) is 0 Å². The van der Waals surface area contributed by atoms with Gasteiger partial charge in [0.15, 0.2) is 16.6 Å². The second kappa shape index (κ2) is 53.6. The van der Waals surface area contributed by atoms with Crippen molar-refractivity contribution in [2.24, 2.45) is 0 Å². The molecule has 0 aliphatic heterocycles. The maximum atomic E-state index is 12.3. The summed E-state index contributed by atoms with van der Waals surface area (Å²) in [7, 11) is 11.2. The highest BCUT2D eigenvalue weighted by molar-refractivity contribution is 6.87. The van der Waals surface area contributed by atoms with Crippen molar-refractivity contribution < 1.29 is 55.8 Å². The topological polar surface area (TPSA) is 186 Å². The Labute approximate surface area is 524 Å². The van der Waals surface area contributed by atoms with E-state index >= 15 is 0 Å². The Morgan fingerprint density at radius 1 is 0.412 bits per heavy atom. The van der Waals surface area contributed by atoms with Gasteiger partial charge in [-0.25, -0.2) is 9.59 Å². The summed E-state index contributed by atoms with van der Waals surface area (Å²) in [6.07, 6.45) is 15.7. The largest absolute Gasteiger partial charge is 0.463 e. The van der Waals surface area contributed by atoms with E-state index in [-0.39, 0.29) is 36.3 Å². The molecule has 0 aliphatic carbocycles. The van der Waals surface area contributed by atoms with Crippen LogP contribution in [0.15, 0.2) is 0 Å². The van der Waals surface area contributed by atoms with E-state index in [4.69, 9.17) is 36.7 Å². The van der Waals surface area contributed by atoms with Crippen LogP contribution < -0.4 is 10.6 Å². The number of carbonyl (C=O) groups excluding carboxylic acids is 4. The van der Waals surface area contributed by atoms with E-state index in [0.29, 0.717) is 65.6 Å². The van der Waals surface area contributed by atoms with Gasteiger partial charge in [0.25, 0.3) is 0 Å². The molecule has 2 unspecified atom stereocenters. The predicted molar refractivity (Wildman–Crippen MR) is 357 cm³/mol. The molecule has 0 aromatic rings. The van der Waals surface area contributed by atoms with Gasteiger partial charge >= 0.3 is 32.7 Å². The van der Waals surface area contributed by atoms with Gasteiger partial charge in [-0.2, -0.15) is 0 Å². The molecule has 0 radical (unpaired) electrons. The molecule has 23 heteroatoms. The molecule has 506 valence electrons. The number of nitrogens with zero attached hydrogens (tertiary/aromatic N) is 6. The molecule has 0 fully saturated rings. The van der Waals surface area contributed by atoms with Crippen LogP contribution in [0, 0.1) is 0 Å². The van der Waals surface area contributed by atoms with Crippen LogP contribution in [0.2, 0.25) is 51.4 Å². The molecule has 0 saturated carbocycles. The molecule has 0 bridgehead atoms. The van der Waals surface area contributed by atoms with Crippen molar-refractivity contribution in [3.63, 3.8) is 0 Å². The van der Waals surface area contributed by atoms with Crippen molar-refractivity contribution in [1.82, 2.24) is 40.0 Å². The van der Waals surface area contributed by atoms with Crippen LogP contribution >= 0.6 is 0 Å². The first kappa shape index (κ1) is 84.8. The van der Waals surface area contributed by atoms with Crippen LogP contribution in [0.4, 0.5) is 9.59 Å². The fourth-order valence-electron chi connectivity index (χ4n) is 9.51. The Kier molecular flexibility index (Phi) is 53.4. The van der Waals surface area contributed by atoms with Crippen molar-refractivity contribution in [2.45, 2.75) is 207 Å². The lowest BCUT2D eigenvalue weighted by atomic mass is 10.1. The Morgan fingerprint density at radius 2 is 0.765 bits per heavy atom. The Balaban J connectivity index is 0. The number of carbonyl (C=O) groups is 4. The van der Waals surface area contributed by atoms with Crippen molar-refractivity contribution in [2.75, 3.05) is 175 Å². The first-order chi connectivity index (χ1) is 40.1. The minimum atomic E-state index is -2.13. The van der Waals surface area contributed by atoms with Crippen molar-refractivity contribution in [3.05, 3.63) is 0 Å². The quantitative estimate of drug-likeness (QED) is 0.0253. The van der Waals surface area contributed by atoms with E-state index < -0.39 is 25.2 Å². The van der Waals surface area contributed by atoms with Crippen molar-refractivity contribution >= 4 is 49.3 Å². The SMILES string of the molecule is CCCOCCOC(=O)CCCCCCCNC(=O)OC(C)CN(CCCN(C)C)CCCN(C)C.CC[Si](C)(C)O[Si](C)(C)O[Si](C)(C)CCCOCCOC(=O)CCCCCCCNC(=O)OC(C)CN(CCCN(C)C)CCCN(C)C. The Morgan fingerprint density at radius 3 is 1.13 bits per heavy atom. The molecule has 0 saturated heterocycles. The normalized spacial score (nSPS) is 12.9. The van der Waals surface area contributed by atoms with E-state index in [1.54, 1.807) is 0 Å². The summed E-state index contributed by atoms with van der Waals surface area (Å²) < 4.78 is 45.8. The molecule has 2 N–H and O–H groups in total. The standard InChI is InChI=1S/C35H78N4O7Si3.C27H56N4O5/c1-13-47(7,8)45-49(11,12)46-48(9,10)31-21-28-42-29-30-43-34(40)22-17-15-14-16-18-23-36-35(41)44-33(2)32-39(26-19-24-37(3)4)27-20-25-38(5)6;1-7-21-34-22-23-35-26(32)15-11-9-8-10-12-16-28-27(33)36-25(2)24-31(19-13-17-29(3)4)20-14-18-30(5)6/h33H,13-32H2,1-12H3,(H,36,41);25H,7-24H2,1-6H3,(H,28,33). The maximum absolute atomic E-state index is 12.3. The van der Waals surface area contributed by atoms with Gasteiger partial charge in [0, 0.05) is 52.2 Å². The lowest BCUT2D eigenvalue weighted by Crippen LogP contribution is -2.52. The molecule has 2 amide bonds. The van der Waals surface area contributed by atoms with Gasteiger partial charge < -0.3 is 66.9 Å². The molecule has 20 nitrogen and oxygen atoms in total. The molecule has 0 rings (SSSR count). The zero-order valence-corrected chi connectivity index (χ0v) is 61.1. The third-order valence-corrected chi connectivity index (χ3v) is 25.5. The van der Waals surface area contributed by atoms with Gasteiger partial charge in [0.1, 0.15) is 25.4 Å². The Bertz CT molecular complexity index is 1600. The number of hydrogen-bond donors (Lipinski definition) is 2. The highest BCUT2D eigenvalue weighted by atomic mass is 28.5. The number of nitrogens with one attached hydrogen (secondary N) is 2. The van der Waals surface area contributed by atoms with Gasteiger partial charge in [-0.15, -0.1) is 0 Å². The number of rotatable bonds is 55. The van der Waals surface area contributed by atoms with Gasteiger partial charge in [0.2, 0.25) is 0 Å². The second-order valence-corrected chi connectivity index (χ2v) is 38.5. The highest BCUT2D eigenvalue weighted by Crippen LogP contribution is 2.25.